The minimum Gasteiger partial charge on any atom is -0.756 e. The Morgan fingerprint density at radius 3 is 1.01 bits per heavy atom. The lowest BCUT2D eigenvalue weighted by atomic mass is 10.0. The molecule has 0 aromatic rings. The third-order valence-corrected chi connectivity index (χ3v) is 16.9. The molecule has 0 aliphatic carbocycles. The van der Waals surface area contributed by atoms with Crippen LogP contribution in [0.5, 0.6) is 0 Å². The number of aliphatic hydroxyl groups is 1. The van der Waals surface area contributed by atoms with Gasteiger partial charge in [-0.05, 0) is 44.9 Å². The maximum absolute atomic E-state index is 13.0. The van der Waals surface area contributed by atoms with E-state index in [2.05, 4.69) is 31.3 Å². The monoisotopic (exact) mass is 1110 g/mol. The second kappa shape index (κ2) is 59.6. The van der Waals surface area contributed by atoms with E-state index in [9.17, 15) is 19.4 Å². The van der Waals surface area contributed by atoms with E-state index in [4.69, 9.17) is 9.05 Å². The van der Waals surface area contributed by atoms with Crippen molar-refractivity contribution in [2.75, 3.05) is 40.9 Å². The van der Waals surface area contributed by atoms with Crippen LogP contribution in [-0.2, 0) is 18.4 Å². The number of amides is 1. The molecule has 77 heavy (non-hydrogen) atoms. The van der Waals surface area contributed by atoms with Crippen molar-refractivity contribution in [2.45, 2.75) is 366 Å². The number of quaternary nitrogens is 1. The number of nitrogens with zero attached hydrogens (tertiary/aromatic N) is 1. The highest BCUT2D eigenvalue weighted by molar-refractivity contribution is 7.45. The van der Waals surface area contributed by atoms with Crippen molar-refractivity contribution in [3.63, 3.8) is 0 Å². The number of hydrogen-bond acceptors (Lipinski definition) is 6. The van der Waals surface area contributed by atoms with Crippen molar-refractivity contribution >= 4 is 13.7 Å². The first-order chi connectivity index (χ1) is 37.5. The molecule has 3 atom stereocenters. The topological polar surface area (TPSA) is 108 Å². The second-order valence-electron chi connectivity index (χ2n) is 24.9. The van der Waals surface area contributed by atoms with Gasteiger partial charge in [0.25, 0.3) is 7.82 Å². The third kappa shape index (κ3) is 62.4. The number of unbranched alkanes of at least 4 members (excludes halogenated alkanes) is 49. The second-order valence-corrected chi connectivity index (χ2v) is 26.3. The van der Waals surface area contributed by atoms with Crippen molar-refractivity contribution in [3.8, 4) is 0 Å². The molecule has 0 bridgehead atoms. The predicted octanol–water partition coefficient (Wildman–Crippen LogP) is 20.9. The molecule has 2 N–H and O–H groups in total. The smallest absolute Gasteiger partial charge is 0.268 e. The van der Waals surface area contributed by atoms with Gasteiger partial charge in [-0.2, -0.15) is 0 Å². The van der Waals surface area contributed by atoms with Crippen LogP contribution >= 0.6 is 7.82 Å². The number of carbonyl (C=O) groups is 1. The van der Waals surface area contributed by atoms with E-state index >= 15 is 0 Å². The van der Waals surface area contributed by atoms with Crippen molar-refractivity contribution in [1.82, 2.24) is 5.32 Å². The van der Waals surface area contributed by atoms with Gasteiger partial charge in [0.1, 0.15) is 13.2 Å². The number of phosphoric ester groups is 1. The average Bonchev–Trinajstić information content (AvgIpc) is 3.39. The van der Waals surface area contributed by atoms with E-state index in [1.807, 2.05) is 27.2 Å². The van der Waals surface area contributed by atoms with Crippen molar-refractivity contribution in [2.24, 2.45) is 0 Å². The van der Waals surface area contributed by atoms with Crippen LogP contribution in [0.3, 0.4) is 0 Å². The summed E-state index contributed by atoms with van der Waals surface area (Å²) in [4.78, 5) is 25.6. The molecule has 0 spiro atoms. The Kier molecular flexibility index (Phi) is 58.8. The number of nitrogens with one attached hydrogen (secondary N) is 1. The molecule has 3 unspecified atom stereocenters. The van der Waals surface area contributed by atoms with Crippen molar-refractivity contribution < 1.29 is 32.9 Å². The van der Waals surface area contributed by atoms with Crippen LogP contribution in [0, 0.1) is 0 Å². The van der Waals surface area contributed by atoms with E-state index in [1.54, 1.807) is 6.08 Å². The average molecular weight is 1110 g/mol. The molecule has 9 heteroatoms. The van der Waals surface area contributed by atoms with Crippen LogP contribution in [0.2, 0.25) is 0 Å². The van der Waals surface area contributed by atoms with Gasteiger partial charge in [0, 0.05) is 6.42 Å². The number of phosphoric acid groups is 1. The summed E-state index contributed by atoms with van der Waals surface area (Å²) >= 11 is 0. The molecule has 0 aliphatic rings. The Hall–Kier alpha value is -1.02. The maximum atomic E-state index is 13.0. The Balaban J connectivity index is 4.02. The van der Waals surface area contributed by atoms with Gasteiger partial charge in [0.2, 0.25) is 5.91 Å². The summed E-state index contributed by atoms with van der Waals surface area (Å²) < 4.78 is 23.4. The van der Waals surface area contributed by atoms with Crippen LogP contribution in [0.15, 0.2) is 24.3 Å². The van der Waals surface area contributed by atoms with Gasteiger partial charge in [-0.3, -0.25) is 9.36 Å². The van der Waals surface area contributed by atoms with Crippen molar-refractivity contribution in [1.29, 1.82) is 0 Å². The van der Waals surface area contributed by atoms with Gasteiger partial charge in [0.15, 0.2) is 0 Å². The number of rotatable bonds is 64. The molecule has 0 aliphatic heterocycles. The van der Waals surface area contributed by atoms with E-state index in [-0.39, 0.29) is 19.1 Å². The number of likely N-dealkylation sites (N-methyl/N-ethyl adjacent to an activating group) is 1. The molecule has 0 heterocycles. The molecular weight excluding hydrogens is 972 g/mol. The summed E-state index contributed by atoms with van der Waals surface area (Å²) in [6, 6.07) is -0.885. The highest BCUT2D eigenvalue weighted by Crippen LogP contribution is 2.38. The Bertz CT molecular complexity index is 1300. The summed E-state index contributed by atoms with van der Waals surface area (Å²) in [5.41, 5.74) is 0. The molecule has 1 amide bonds. The van der Waals surface area contributed by atoms with Crippen LogP contribution in [-0.4, -0.2) is 68.5 Å². The zero-order chi connectivity index (χ0) is 56.3. The first-order valence-electron chi connectivity index (χ1n) is 34.2. The number of aliphatic hydroxyl groups excluding tert-OH is 1. The molecule has 458 valence electrons. The predicted molar refractivity (Wildman–Crippen MR) is 335 cm³/mol. The fraction of sp³-hybridized carbons (Fsp3) is 0.926. The molecule has 0 aromatic heterocycles. The van der Waals surface area contributed by atoms with Gasteiger partial charge >= 0.3 is 0 Å². The van der Waals surface area contributed by atoms with E-state index in [1.165, 1.54) is 295 Å². The Morgan fingerprint density at radius 2 is 0.714 bits per heavy atom. The quantitative estimate of drug-likeness (QED) is 0.0272. The van der Waals surface area contributed by atoms with E-state index in [0.717, 1.165) is 38.5 Å². The first kappa shape index (κ1) is 76.0. The van der Waals surface area contributed by atoms with Crippen molar-refractivity contribution in [3.05, 3.63) is 24.3 Å². The van der Waals surface area contributed by atoms with E-state index in [0.29, 0.717) is 17.4 Å². The lowest BCUT2D eigenvalue weighted by Gasteiger charge is -2.29. The SMILES string of the molecule is CCCCCCCCCCCCCC/C=C\CCCCCCCCCCCCCCCCCCCC(=O)NC(COP(=O)([O-])OCC[N+](C)(C)C)C(O)/C=C/CCCCCCCCCCCCCCCCCCCCCC. The molecule has 0 fully saturated rings. The highest BCUT2D eigenvalue weighted by Gasteiger charge is 2.23. The molecule has 8 nitrogen and oxygen atoms in total. The van der Waals surface area contributed by atoms with Crippen LogP contribution in [0.1, 0.15) is 354 Å². The third-order valence-electron chi connectivity index (χ3n) is 15.9. The fourth-order valence-corrected chi connectivity index (χ4v) is 11.3. The Morgan fingerprint density at radius 1 is 0.442 bits per heavy atom. The fourth-order valence-electron chi connectivity index (χ4n) is 10.6. The van der Waals surface area contributed by atoms with Gasteiger partial charge in [-0.1, -0.05) is 327 Å². The standard InChI is InChI=1S/C68H135N2O6P/c1-6-8-10-12-14-16-18-20-22-24-26-28-30-31-32-33-34-35-36-37-38-39-40-42-44-46-48-50-52-54-56-58-60-62-68(72)69-66(65-76-77(73,74)75-64-63-70(3,4)5)67(71)61-59-57-55-53-51-49-47-45-43-41-29-27-25-23-21-19-17-15-13-11-9-7-2/h31-32,59,61,66-67,71H,6-30,33-58,60,62-65H2,1-5H3,(H-,69,72,73,74)/b32-31-,61-59+. The highest BCUT2D eigenvalue weighted by atomic mass is 31.2. The summed E-state index contributed by atoms with van der Waals surface area (Å²) in [6.07, 6.45) is 77.2. The number of carbonyl (C=O) groups excluding carboxylic acids is 1. The minimum absolute atomic E-state index is 0.00171. The lowest BCUT2D eigenvalue weighted by molar-refractivity contribution is -0.870. The summed E-state index contributed by atoms with van der Waals surface area (Å²) in [5, 5.41) is 14.0. The normalized spacial score (nSPS) is 13.8. The Labute approximate surface area is 481 Å². The lowest BCUT2D eigenvalue weighted by Crippen LogP contribution is -2.45. The molecule has 0 saturated carbocycles. The van der Waals surface area contributed by atoms with Gasteiger partial charge in [-0.25, -0.2) is 0 Å². The van der Waals surface area contributed by atoms with Crippen LogP contribution in [0.25, 0.3) is 0 Å². The zero-order valence-electron chi connectivity index (χ0n) is 52.4. The largest absolute Gasteiger partial charge is 0.756 e. The van der Waals surface area contributed by atoms with Gasteiger partial charge < -0.3 is 28.8 Å². The molecule has 0 radical (unpaired) electrons. The van der Waals surface area contributed by atoms with Crippen LogP contribution < -0.4 is 10.2 Å². The van der Waals surface area contributed by atoms with E-state index < -0.39 is 20.0 Å². The molecular formula is C68H135N2O6P. The summed E-state index contributed by atoms with van der Waals surface area (Å²) in [5.74, 6) is -0.190. The summed E-state index contributed by atoms with van der Waals surface area (Å²) in [7, 11) is 1.28. The molecule has 0 rings (SSSR count). The zero-order valence-corrected chi connectivity index (χ0v) is 53.3. The van der Waals surface area contributed by atoms with Crippen LogP contribution in [0.4, 0.5) is 0 Å². The maximum Gasteiger partial charge on any atom is 0.268 e. The first-order valence-corrected chi connectivity index (χ1v) is 35.7. The molecule has 0 aromatic carbocycles. The minimum atomic E-state index is -4.60. The number of hydrogen-bond donors (Lipinski definition) is 2. The van der Waals surface area contributed by atoms with Gasteiger partial charge in [0.05, 0.1) is 39.9 Å². The number of allylic oxidation sites excluding steroid dienone is 3. The summed E-state index contributed by atoms with van der Waals surface area (Å²) in [6.45, 7) is 4.71. The van der Waals surface area contributed by atoms with Gasteiger partial charge in [-0.15, -0.1) is 0 Å². The molecule has 0 saturated heterocycles.